The lowest BCUT2D eigenvalue weighted by molar-refractivity contribution is 0.372. The normalized spacial score (nSPS) is 11.3. The minimum Gasteiger partial charge on any atom is -0.357 e. The fraction of sp³-hybridized carbons (Fsp3) is 0.500. The van der Waals surface area contributed by atoms with Gasteiger partial charge in [-0.25, -0.2) is 4.39 Å². The number of aromatic nitrogens is 2. The van der Waals surface area contributed by atoms with Gasteiger partial charge < -0.3 is 15.2 Å². The SMILES string of the molecule is CCNC(=NCCc1nc(C(C)C)no1)NCCc1ccccc1F.I. The van der Waals surface area contributed by atoms with Crippen molar-refractivity contribution in [1.29, 1.82) is 0 Å². The van der Waals surface area contributed by atoms with Crippen LogP contribution in [-0.2, 0) is 12.8 Å². The van der Waals surface area contributed by atoms with Gasteiger partial charge in [0.15, 0.2) is 11.8 Å². The minimum absolute atomic E-state index is 0. The van der Waals surface area contributed by atoms with E-state index in [-0.39, 0.29) is 35.7 Å². The molecule has 2 N–H and O–H groups in total. The first-order valence-corrected chi connectivity index (χ1v) is 8.68. The summed E-state index contributed by atoms with van der Waals surface area (Å²) in [6.45, 7) is 7.94. The number of halogens is 2. The molecule has 8 heteroatoms. The summed E-state index contributed by atoms with van der Waals surface area (Å²) in [5.74, 6) is 2.08. The van der Waals surface area contributed by atoms with Crippen molar-refractivity contribution >= 4 is 29.9 Å². The number of hydrogen-bond acceptors (Lipinski definition) is 4. The molecular formula is C18H27FIN5O. The molecular weight excluding hydrogens is 448 g/mol. The van der Waals surface area contributed by atoms with Gasteiger partial charge in [0.2, 0.25) is 5.89 Å². The van der Waals surface area contributed by atoms with Crippen LogP contribution in [0.2, 0.25) is 0 Å². The van der Waals surface area contributed by atoms with Crippen molar-refractivity contribution in [2.75, 3.05) is 19.6 Å². The van der Waals surface area contributed by atoms with Crippen LogP contribution in [0, 0.1) is 5.82 Å². The maximum absolute atomic E-state index is 13.6. The molecule has 0 spiro atoms. The van der Waals surface area contributed by atoms with Crippen LogP contribution in [0.5, 0.6) is 0 Å². The van der Waals surface area contributed by atoms with Gasteiger partial charge >= 0.3 is 0 Å². The molecule has 0 atom stereocenters. The monoisotopic (exact) mass is 475 g/mol. The van der Waals surface area contributed by atoms with Crippen LogP contribution in [0.25, 0.3) is 0 Å². The maximum Gasteiger partial charge on any atom is 0.228 e. The zero-order valence-electron chi connectivity index (χ0n) is 15.5. The Bertz CT molecular complexity index is 690. The van der Waals surface area contributed by atoms with Crippen LogP contribution in [0.4, 0.5) is 4.39 Å². The number of hydrogen-bond donors (Lipinski definition) is 2. The third-order valence-electron chi connectivity index (χ3n) is 3.58. The molecule has 0 amide bonds. The van der Waals surface area contributed by atoms with Gasteiger partial charge in [0, 0.05) is 25.4 Å². The van der Waals surface area contributed by atoms with Gasteiger partial charge in [-0.2, -0.15) is 4.98 Å². The lowest BCUT2D eigenvalue weighted by atomic mass is 10.1. The van der Waals surface area contributed by atoms with E-state index < -0.39 is 0 Å². The van der Waals surface area contributed by atoms with Gasteiger partial charge in [-0.15, -0.1) is 24.0 Å². The molecule has 144 valence electrons. The lowest BCUT2D eigenvalue weighted by Crippen LogP contribution is -2.38. The van der Waals surface area contributed by atoms with Crippen LogP contribution in [-0.4, -0.2) is 35.7 Å². The number of nitrogens with zero attached hydrogens (tertiary/aromatic N) is 3. The van der Waals surface area contributed by atoms with E-state index in [0.717, 1.165) is 6.54 Å². The Balaban J connectivity index is 0.00000338. The van der Waals surface area contributed by atoms with Crippen LogP contribution >= 0.6 is 24.0 Å². The van der Waals surface area contributed by atoms with E-state index in [1.165, 1.54) is 6.07 Å². The largest absolute Gasteiger partial charge is 0.357 e. The van der Waals surface area contributed by atoms with E-state index in [4.69, 9.17) is 4.52 Å². The van der Waals surface area contributed by atoms with Crippen LogP contribution in [0.1, 0.15) is 44.0 Å². The summed E-state index contributed by atoms with van der Waals surface area (Å²) >= 11 is 0. The Morgan fingerprint density at radius 3 is 2.65 bits per heavy atom. The fourth-order valence-corrected chi connectivity index (χ4v) is 2.23. The number of guanidine groups is 1. The summed E-state index contributed by atoms with van der Waals surface area (Å²) in [6, 6.07) is 6.81. The Morgan fingerprint density at radius 2 is 2.00 bits per heavy atom. The highest BCUT2D eigenvalue weighted by Gasteiger charge is 2.09. The average Bonchev–Trinajstić information content (AvgIpc) is 3.06. The van der Waals surface area contributed by atoms with Crippen molar-refractivity contribution in [3.8, 4) is 0 Å². The Hall–Kier alpha value is -1.71. The third-order valence-corrected chi connectivity index (χ3v) is 3.58. The maximum atomic E-state index is 13.6. The van der Waals surface area contributed by atoms with Gasteiger partial charge in [0.1, 0.15) is 5.82 Å². The third kappa shape index (κ3) is 7.27. The summed E-state index contributed by atoms with van der Waals surface area (Å²) in [7, 11) is 0. The highest BCUT2D eigenvalue weighted by Crippen LogP contribution is 2.09. The first-order valence-electron chi connectivity index (χ1n) is 8.68. The highest BCUT2D eigenvalue weighted by molar-refractivity contribution is 14.0. The Morgan fingerprint density at radius 1 is 1.23 bits per heavy atom. The fourth-order valence-electron chi connectivity index (χ4n) is 2.23. The molecule has 26 heavy (non-hydrogen) atoms. The number of benzene rings is 1. The molecule has 0 unspecified atom stereocenters. The smallest absolute Gasteiger partial charge is 0.228 e. The Labute approximate surface area is 171 Å². The van der Waals surface area contributed by atoms with Crippen molar-refractivity contribution in [1.82, 2.24) is 20.8 Å². The highest BCUT2D eigenvalue weighted by atomic mass is 127. The van der Waals surface area contributed by atoms with Crippen LogP contribution in [0.15, 0.2) is 33.8 Å². The van der Waals surface area contributed by atoms with E-state index in [0.29, 0.717) is 49.2 Å². The summed E-state index contributed by atoms with van der Waals surface area (Å²) in [4.78, 5) is 8.82. The van der Waals surface area contributed by atoms with E-state index in [1.54, 1.807) is 12.1 Å². The molecule has 0 aliphatic carbocycles. The standard InChI is InChI=1S/C18H26FN5O.HI/c1-4-20-18(21-11-9-14-7-5-6-8-15(14)19)22-12-10-16-23-17(13(2)3)24-25-16;/h5-8,13H,4,9-12H2,1-3H3,(H2,20,21,22);1H. The predicted molar refractivity (Wildman–Crippen MR) is 112 cm³/mol. The molecule has 0 bridgehead atoms. The van der Waals surface area contributed by atoms with E-state index in [2.05, 4.69) is 25.8 Å². The first-order chi connectivity index (χ1) is 12.1. The van der Waals surface area contributed by atoms with E-state index >= 15 is 0 Å². The molecule has 0 saturated carbocycles. The van der Waals surface area contributed by atoms with Crippen molar-refractivity contribution in [2.45, 2.75) is 39.5 Å². The van der Waals surface area contributed by atoms with Crippen LogP contribution < -0.4 is 10.6 Å². The zero-order chi connectivity index (χ0) is 18.1. The van der Waals surface area contributed by atoms with Crippen LogP contribution in [0.3, 0.4) is 0 Å². The number of aliphatic imine (C=N–C) groups is 1. The van der Waals surface area contributed by atoms with E-state index in [9.17, 15) is 4.39 Å². The Kier molecular flexibility index (Phi) is 10.2. The second-order valence-corrected chi connectivity index (χ2v) is 5.98. The van der Waals surface area contributed by atoms with Gasteiger partial charge in [-0.1, -0.05) is 37.2 Å². The summed E-state index contributed by atoms with van der Waals surface area (Å²) in [5.41, 5.74) is 0.693. The number of rotatable bonds is 8. The topological polar surface area (TPSA) is 75.3 Å². The minimum atomic E-state index is -0.177. The lowest BCUT2D eigenvalue weighted by Gasteiger charge is -2.11. The average molecular weight is 475 g/mol. The molecule has 0 fully saturated rings. The van der Waals surface area contributed by atoms with Gasteiger partial charge in [0.05, 0.1) is 6.54 Å². The first kappa shape index (κ1) is 22.3. The predicted octanol–water partition coefficient (Wildman–Crippen LogP) is 3.29. The molecule has 6 nitrogen and oxygen atoms in total. The van der Waals surface area contributed by atoms with Gasteiger partial charge in [0.25, 0.3) is 0 Å². The molecule has 2 rings (SSSR count). The van der Waals surface area contributed by atoms with Crippen molar-refractivity contribution < 1.29 is 8.91 Å². The molecule has 1 heterocycles. The van der Waals surface area contributed by atoms with E-state index in [1.807, 2.05) is 26.8 Å². The second-order valence-electron chi connectivity index (χ2n) is 5.98. The molecule has 0 aliphatic rings. The van der Waals surface area contributed by atoms with Crippen molar-refractivity contribution in [3.05, 3.63) is 47.4 Å². The van der Waals surface area contributed by atoms with Gasteiger partial charge in [-0.05, 0) is 25.0 Å². The number of nitrogens with one attached hydrogen (secondary N) is 2. The quantitative estimate of drug-likeness (QED) is 0.348. The summed E-state index contributed by atoms with van der Waals surface area (Å²) in [5, 5.41) is 10.3. The molecule has 0 radical (unpaired) electrons. The summed E-state index contributed by atoms with van der Waals surface area (Å²) < 4.78 is 18.8. The molecule has 1 aromatic heterocycles. The molecule has 0 saturated heterocycles. The molecule has 0 aliphatic heterocycles. The second kappa shape index (κ2) is 11.8. The van der Waals surface area contributed by atoms with Crippen molar-refractivity contribution in [2.24, 2.45) is 4.99 Å². The van der Waals surface area contributed by atoms with Crippen molar-refractivity contribution in [3.63, 3.8) is 0 Å². The zero-order valence-corrected chi connectivity index (χ0v) is 17.8. The summed E-state index contributed by atoms with van der Waals surface area (Å²) in [6.07, 6.45) is 1.18. The molecule has 1 aromatic carbocycles. The van der Waals surface area contributed by atoms with Gasteiger partial charge in [-0.3, -0.25) is 4.99 Å². The molecule has 2 aromatic rings.